The van der Waals surface area contributed by atoms with Gasteiger partial charge in [-0.1, -0.05) is 19.1 Å². The zero-order valence-electron chi connectivity index (χ0n) is 10.3. The molecular weight excluding hydrogens is 272 g/mol. The van der Waals surface area contributed by atoms with Gasteiger partial charge in [-0.05, 0) is 24.3 Å². The lowest BCUT2D eigenvalue weighted by atomic mass is 10.3. The van der Waals surface area contributed by atoms with Gasteiger partial charge < -0.3 is 10.5 Å². The van der Waals surface area contributed by atoms with Crippen LogP contribution in [0.1, 0.15) is 6.92 Å². The molecule has 0 aliphatic heterocycles. The Morgan fingerprint density at radius 3 is 2.33 bits per heavy atom. The molecule has 1 aromatic rings. The van der Waals surface area contributed by atoms with Gasteiger partial charge >= 0.3 is 0 Å². The maximum atomic E-state index is 12.3. The van der Waals surface area contributed by atoms with E-state index < -0.39 is 10.0 Å². The fraction of sp³-hybridized carbons (Fsp3) is 0.364. The molecule has 0 atom stereocenters. The van der Waals surface area contributed by atoms with Gasteiger partial charge in [-0.3, -0.25) is 0 Å². The summed E-state index contributed by atoms with van der Waals surface area (Å²) in [5.74, 6) is 0.603. The number of rotatable bonds is 6. The molecule has 18 heavy (non-hydrogen) atoms. The van der Waals surface area contributed by atoms with Crippen LogP contribution < -0.4 is 10.5 Å². The maximum Gasteiger partial charge on any atom is 0.243 e. The first-order chi connectivity index (χ1) is 8.41. The van der Waals surface area contributed by atoms with Crippen LogP contribution in [-0.2, 0) is 10.0 Å². The molecule has 0 aliphatic rings. The first-order valence-electron chi connectivity index (χ1n) is 5.34. The van der Waals surface area contributed by atoms with E-state index in [0.717, 1.165) is 0 Å². The van der Waals surface area contributed by atoms with Gasteiger partial charge in [0.1, 0.15) is 5.75 Å². The minimum Gasteiger partial charge on any atom is -0.497 e. The van der Waals surface area contributed by atoms with Crippen molar-refractivity contribution in [3.63, 3.8) is 0 Å². The van der Waals surface area contributed by atoms with Crippen molar-refractivity contribution in [2.75, 3.05) is 20.2 Å². The molecular formula is C11H16N2O3S2. The number of likely N-dealkylation sites (N-methyl/N-ethyl adjacent to an activating group) is 1. The summed E-state index contributed by atoms with van der Waals surface area (Å²) in [7, 11) is -2.04. The molecule has 0 spiro atoms. The molecule has 0 saturated carbocycles. The van der Waals surface area contributed by atoms with Gasteiger partial charge in [0.15, 0.2) is 0 Å². The Hall–Kier alpha value is -1.18. The van der Waals surface area contributed by atoms with E-state index in [2.05, 4.69) is 0 Å². The van der Waals surface area contributed by atoms with E-state index in [1.54, 1.807) is 19.1 Å². The molecule has 0 fully saturated rings. The van der Waals surface area contributed by atoms with Gasteiger partial charge in [0.2, 0.25) is 10.0 Å². The van der Waals surface area contributed by atoms with E-state index in [4.69, 9.17) is 22.7 Å². The minimum atomic E-state index is -3.56. The molecule has 5 nitrogen and oxygen atoms in total. The van der Waals surface area contributed by atoms with Gasteiger partial charge in [-0.25, -0.2) is 8.42 Å². The van der Waals surface area contributed by atoms with E-state index >= 15 is 0 Å². The van der Waals surface area contributed by atoms with E-state index in [1.807, 2.05) is 0 Å². The van der Waals surface area contributed by atoms with Crippen LogP contribution in [0.3, 0.4) is 0 Å². The number of nitrogens with zero attached hydrogens (tertiary/aromatic N) is 1. The van der Waals surface area contributed by atoms with Crippen LogP contribution in [0, 0.1) is 0 Å². The highest BCUT2D eigenvalue weighted by molar-refractivity contribution is 7.89. The molecule has 7 heteroatoms. The zero-order valence-corrected chi connectivity index (χ0v) is 11.9. The maximum absolute atomic E-state index is 12.3. The molecule has 0 aromatic heterocycles. The summed E-state index contributed by atoms with van der Waals surface area (Å²) in [6.07, 6.45) is 0. The lowest BCUT2D eigenvalue weighted by Gasteiger charge is -2.19. The van der Waals surface area contributed by atoms with Crippen molar-refractivity contribution < 1.29 is 13.2 Å². The molecule has 2 N–H and O–H groups in total. The average molecular weight is 288 g/mol. The van der Waals surface area contributed by atoms with E-state index in [9.17, 15) is 8.42 Å². The summed E-state index contributed by atoms with van der Waals surface area (Å²) in [5.41, 5.74) is 5.39. The highest BCUT2D eigenvalue weighted by atomic mass is 32.2. The smallest absolute Gasteiger partial charge is 0.243 e. The fourth-order valence-corrected chi connectivity index (χ4v) is 3.10. The predicted molar refractivity (Wildman–Crippen MR) is 74.2 cm³/mol. The van der Waals surface area contributed by atoms with Gasteiger partial charge in [-0.2, -0.15) is 4.31 Å². The molecule has 1 aromatic carbocycles. The summed E-state index contributed by atoms with van der Waals surface area (Å²) in [6.45, 7) is 2.09. The molecule has 100 valence electrons. The second-order valence-electron chi connectivity index (χ2n) is 3.57. The van der Waals surface area contributed by atoms with E-state index in [1.165, 1.54) is 23.5 Å². The third-order valence-electron chi connectivity index (χ3n) is 2.38. The van der Waals surface area contributed by atoms with Gasteiger partial charge in [-0.15, -0.1) is 0 Å². The molecule has 0 radical (unpaired) electrons. The lowest BCUT2D eigenvalue weighted by molar-refractivity contribution is 0.414. The molecule has 0 saturated heterocycles. The third-order valence-corrected chi connectivity index (χ3v) is 4.45. The quantitative estimate of drug-likeness (QED) is 0.790. The SMILES string of the molecule is CCN(CC(N)=S)S(=O)(=O)c1ccc(OC)cc1. The van der Waals surface area contributed by atoms with Crippen LogP contribution >= 0.6 is 12.2 Å². The van der Waals surface area contributed by atoms with Crippen molar-refractivity contribution in [2.45, 2.75) is 11.8 Å². The molecule has 0 bridgehead atoms. The number of nitrogens with two attached hydrogens (primary N) is 1. The Morgan fingerprint density at radius 2 is 1.94 bits per heavy atom. The summed E-state index contributed by atoms with van der Waals surface area (Å²) in [4.78, 5) is 0.343. The van der Waals surface area contributed by atoms with Gasteiger partial charge in [0.25, 0.3) is 0 Å². The number of hydrogen-bond donors (Lipinski definition) is 1. The first-order valence-corrected chi connectivity index (χ1v) is 7.19. The topological polar surface area (TPSA) is 72.6 Å². The second kappa shape index (κ2) is 6.12. The Morgan fingerprint density at radius 1 is 1.39 bits per heavy atom. The van der Waals surface area contributed by atoms with Crippen LogP contribution in [0.2, 0.25) is 0 Å². The zero-order chi connectivity index (χ0) is 13.8. The van der Waals surface area contributed by atoms with Crippen LogP contribution in [0.25, 0.3) is 0 Å². The van der Waals surface area contributed by atoms with Crippen molar-refractivity contribution in [1.29, 1.82) is 0 Å². The Bertz CT molecular complexity index is 512. The number of sulfonamides is 1. The summed E-state index contributed by atoms with van der Waals surface area (Å²) in [5, 5.41) is 0. The predicted octanol–water partition coefficient (Wildman–Crippen LogP) is 0.992. The molecule has 1 rings (SSSR count). The highest BCUT2D eigenvalue weighted by Gasteiger charge is 2.23. The van der Waals surface area contributed by atoms with Crippen molar-refractivity contribution in [1.82, 2.24) is 4.31 Å². The van der Waals surface area contributed by atoms with Crippen LogP contribution in [-0.4, -0.2) is 37.9 Å². The van der Waals surface area contributed by atoms with E-state index in [-0.39, 0.29) is 16.4 Å². The normalized spacial score (nSPS) is 11.5. The van der Waals surface area contributed by atoms with Crippen LogP contribution in [0.5, 0.6) is 5.75 Å². The van der Waals surface area contributed by atoms with Crippen LogP contribution in [0.15, 0.2) is 29.2 Å². The van der Waals surface area contributed by atoms with Crippen molar-refractivity contribution in [3.8, 4) is 5.75 Å². The summed E-state index contributed by atoms with van der Waals surface area (Å²) >= 11 is 4.75. The van der Waals surface area contributed by atoms with Crippen molar-refractivity contribution >= 4 is 27.2 Å². The standard InChI is InChI=1S/C11H16N2O3S2/c1-3-13(8-11(12)17)18(14,15)10-6-4-9(16-2)5-7-10/h4-7H,3,8H2,1-2H3,(H2,12,17). The lowest BCUT2D eigenvalue weighted by Crippen LogP contribution is -2.37. The summed E-state index contributed by atoms with van der Waals surface area (Å²) < 4.78 is 30.8. The Kier molecular flexibility index (Phi) is 5.06. The first kappa shape index (κ1) is 14.9. The second-order valence-corrected chi connectivity index (χ2v) is 6.04. The summed E-state index contributed by atoms with van der Waals surface area (Å²) in [6, 6.07) is 6.19. The molecule has 0 aliphatic carbocycles. The molecule has 0 unspecified atom stereocenters. The van der Waals surface area contributed by atoms with Crippen molar-refractivity contribution in [3.05, 3.63) is 24.3 Å². The van der Waals surface area contributed by atoms with Crippen LogP contribution in [0.4, 0.5) is 0 Å². The largest absolute Gasteiger partial charge is 0.497 e. The highest BCUT2D eigenvalue weighted by Crippen LogP contribution is 2.19. The van der Waals surface area contributed by atoms with E-state index in [0.29, 0.717) is 12.3 Å². The van der Waals surface area contributed by atoms with Gasteiger partial charge in [0.05, 0.1) is 23.5 Å². The molecule has 0 amide bonds. The minimum absolute atomic E-state index is 0.0419. The van der Waals surface area contributed by atoms with Crippen molar-refractivity contribution in [2.24, 2.45) is 5.73 Å². The fourth-order valence-electron chi connectivity index (χ4n) is 1.44. The number of methoxy groups -OCH3 is 1. The van der Waals surface area contributed by atoms with Gasteiger partial charge in [0, 0.05) is 6.54 Å². The number of hydrogen-bond acceptors (Lipinski definition) is 4. The number of benzene rings is 1. The number of ether oxygens (including phenoxy) is 1. The third kappa shape index (κ3) is 3.41. The number of thiocarbonyl (C=S) groups is 1. The molecule has 0 heterocycles. The monoisotopic (exact) mass is 288 g/mol. The Labute approximate surface area is 113 Å². The Balaban J connectivity index is 3.06. The average Bonchev–Trinajstić information content (AvgIpc) is 2.35.